The van der Waals surface area contributed by atoms with Crippen molar-refractivity contribution in [2.45, 2.75) is 20.3 Å². The van der Waals surface area contributed by atoms with Crippen LogP contribution in [0, 0.1) is 13.8 Å². The number of aryl methyl sites for hydroxylation is 2. The van der Waals surface area contributed by atoms with Gasteiger partial charge in [0.05, 0.1) is 13.0 Å². The summed E-state index contributed by atoms with van der Waals surface area (Å²) in [6.07, 6.45) is 0.386. The predicted molar refractivity (Wildman–Crippen MR) is 92.3 cm³/mol. The highest BCUT2D eigenvalue weighted by molar-refractivity contribution is 9.10. The van der Waals surface area contributed by atoms with E-state index in [9.17, 15) is 4.79 Å². The summed E-state index contributed by atoms with van der Waals surface area (Å²) in [6, 6.07) is 13.9. The van der Waals surface area contributed by atoms with Crippen molar-refractivity contribution in [1.82, 2.24) is 5.32 Å². The first-order valence-corrected chi connectivity index (χ1v) is 8.04. The number of ether oxygens (including phenoxy) is 1. The Kier molecular flexibility index (Phi) is 6.01. The first kappa shape index (κ1) is 16.6. The Labute approximate surface area is 139 Å². The summed E-state index contributed by atoms with van der Waals surface area (Å²) < 4.78 is 6.68. The Morgan fingerprint density at radius 3 is 2.36 bits per heavy atom. The van der Waals surface area contributed by atoms with Gasteiger partial charge in [-0.1, -0.05) is 34.1 Å². The molecular formula is C18H20BrNO2. The van der Waals surface area contributed by atoms with Gasteiger partial charge in [0.2, 0.25) is 5.91 Å². The molecule has 116 valence electrons. The zero-order valence-electron chi connectivity index (χ0n) is 12.9. The summed E-state index contributed by atoms with van der Waals surface area (Å²) in [5, 5.41) is 2.87. The lowest BCUT2D eigenvalue weighted by molar-refractivity contribution is -0.120. The van der Waals surface area contributed by atoms with Crippen molar-refractivity contribution < 1.29 is 9.53 Å². The van der Waals surface area contributed by atoms with Gasteiger partial charge in [-0.15, -0.1) is 0 Å². The molecule has 0 heterocycles. The molecule has 0 fully saturated rings. The van der Waals surface area contributed by atoms with Crippen LogP contribution in [0.5, 0.6) is 5.75 Å². The molecule has 2 aromatic rings. The van der Waals surface area contributed by atoms with Crippen LogP contribution in [0.25, 0.3) is 0 Å². The van der Waals surface area contributed by atoms with Crippen molar-refractivity contribution in [3.63, 3.8) is 0 Å². The third-order valence-corrected chi connectivity index (χ3v) is 3.69. The van der Waals surface area contributed by atoms with E-state index in [1.54, 1.807) is 0 Å². The van der Waals surface area contributed by atoms with Gasteiger partial charge in [0, 0.05) is 4.47 Å². The molecule has 1 N–H and O–H groups in total. The van der Waals surface area contributed by atoms with Gasteiger partial charge in [-0.25, -0.2) is 0 Å². The number of nitrogens with one attached hydrogen (secondary N) is 1. The van der Waals surface area contributed by atoms with E-state index >= 15 is 0 Å². The molecule has 0 bridgehead atoms. The fourth-order valence-electron chi connectivity index (χ4n) is 2.23. The third kappa shape index (κ3) is 5.53. The van der Waals surface area contributed by atoms with Crippen LogP contribution in [0.4, 0.5) is 0 Å². The smallest absolute Gasteiger partial charge is 0.224 e. The van der Waals surface area contributed by atoms with Crippen molar-refractivity contribution >= 4 is 21.8 Å². The second-order valence-corrected chi connectivity index (χ2v) is 6.24. The van der Waals surface area contributed by atoms with E-state index in [0.717, 1.165) is 15.8 Å². The van der Waals surface area contributed by atoms with Crippen LogP contribution in [0.3, 0.4) is 0 Å². The number of hydrogen-bond acceptors (Lipinski definition) is 2. The van der Waals surface area contributed by atoms with E-state index in [0.29, 0.717) is 19.6 Å². The number of hydrogen-bond donors (Lipinski definition) is 1. The summed E-state index contributed by atoms with van der Waals surface area (Å²) in [7, 11) is 0. The van der Waals surface area contributed by atoms with Gasteiger partial charge < -0.3 is 10.1 Å². The average molecular weight is 362 g/mol. The molecule has 0 spiro atoms. The highest BCUT2D eigenvalue weighted by atomic mass is 79.9. The molecule has 0 atom stereocenters. The normalized spacial score (nSPS) is 10.3. The minimum atomic E-state index is 0.00588. The summed E-state index contributed by atoms with van der Waals surface area (Å²) in [5.41, 5.74) is 3.35. The third-order valence-electron chi connectivity index (χ3n) is 3.17. The van der Waals surface area contributed by atoms with Gasteiger partial charge >= 0.3 is 0 Å². The molecule has 0 radical (unpaired) electrons. The van der Waals surface area contributed by atoms with Crippen LogP contribution in [0.2, 0.25) is 0 Å². The van der Waals surface area contributed by atoms with Gasteiger partial charge in [0.15, 0.2) is 0 Å². The summed E-state index contributed by atoms with van der Waals surface area (Å²) in [5.74, 6) is 0.853. The first-order valence-electron chi connectivity index (χ1n) is 7.25. The molecule has 3 nitrogen and oxygen atoms in total. The highest BCUT2D eigenvalue weighted by Crippen LogP contribution is 2.15. The molecule has 4 heteroatoms. The second kappa shape index (κ2) is 7.99. The Hall–Kier alpha value is -1.81. The van der Waals surface area contributed by atoms with Crippen molar-refractivity contribution in [1.29, 1.82) is 0 Å². The van der Waals surface area contributed by atoms with E-state index in [4.69, 9.17) is 4.74 Å². The fraction of sp³-hybridized carbons (Fsp3) is 0.278. The topological polar surface area (TPSA) is 38.3 Å². The van der Waals surface area contributed by atoms with Gasteiger partial charge in [-0.3, -0.25) is 4.79 Å². The van der Waals surface area contributed by atoms with E-state index in [1.165, 1.54) is 11.1 Å². The molecule has 0 aliphatic heterocycles. The zero-order chi connectivity index (χ0) is 15.9. The molecule has 2 aromatic carbocycles. The van der Waals surface area contributed by atoms with Crippen molar-refractivity contribution in [2.75, 3.05) is 13.2 Å². The fourth-order valence-corrected chi connectivity index (χ4v) is 2.49. The van der Waals surface area contributed by atoms with Crippen LogP contribution < -0.4 is 10.1 Å². The molecule has 0 saturated heterocycles. The molecule has 1 amide bonds. The lowest BCUT2D eigenvalue weighted by atomic mass is 10.1. The molecule has 0 saturated carbocycles. The minimum absolute atomic E-state index is 0.00588. The monoisotopic (exact) mass is 361 g/mol. The Morgan fingerprint density at radius 1 is 1.09 bits per heavy atom. The van der Waals surface area contributed by atoms with Crippen LogP contribution in [-0.4, -0.2) is 19.1 Å². The van der Waals surface area contributed by atoms with Crippen LogP contribution in [-0.2, 0) is 11.2 Å². The Bertz CT molecular complexity index is 618. The van der Waals surface area contributed by atoms with Gasteiger partial charge in [0.25, 0.3) is 0 Å². The zero-order valence-corrected chi connectivity index (χ0v) is 14.4. The minimum Gasteiger partial charge on any atom is -0.492 e. The van der Waals surface area contributed by atoms with E-state index in [-0.39, 0.29) is 5.91 Å². The first-order chi connectivity index (χ1) is 10.5. The van der Waals surface area contributed by atoms with E-state index in [1.807, 2.05) is 50.2 Å². The molecule has 0 aliphatic carbocycles. The Morgan fingerprint density at radius 2 is 1.73 bits per heavy atom. The maximum Gasteiger partial charge on any atom is 0.224 e. The van der Waals surface area contributed by atoms with Crippen molar-refractivity contribution in [3.8, 4) is 5.75 Å². The number of rotatable bonds is 6. The second-order valence-electron chi connectivity index (χ2n) is 5.33. The van der Waals surface area contributed by atoms with Crippen molar-refractivity contribution in [2.24, 2.45) is 0 Å². The Balaban J connectivity index is 1.71. The van der Waals surface area contributed by atoms with E-state index < -0.39 is 0 Å². The standard InChI is InChI=1S/C18H20BrNO2/c1-13-9-14(2)11-17(10-13)22-8-7-20-18(21)12-15-3-5-16(19)6-4-15/h3-6,9-11H,7-8,12H2,1-2H3,(H,20,21). The maximum atomic E-state index is 11.8. The molecule has 0 aliphatic rings. The predicted octanol–water partition coefficient (Wildman–Crippen LogP) is 3.80. The molecular weight excluding hydrogens is 342 g/mol. The molecule has 0 unspecified atom stereocenters. The summed E-state index contributed by atoms with van der Waals surface area (Å²) in [4.78, 5) is 11.8. The van der Waals surface area contributed by atoms with Crippen LogP contribution in [0.15, 0.2) is 46.9 Å². The molecule has 2 rings (SSSR count). The summed E-state index contributed by atoms with van der Waals surface area (Å²) >= 11 is 3.38. The number of benzene rings is 2. The van der Waals surface area contributed by atoms with Crippen LogP contribution in [0.1, 0.15) is 16.7 Å². The molecule has 0 aromatic heterocycles. The van der Waals surface area contributed by atoms with Gasteiger partial charge in [0.1, 0.15) is 12.4 Å². The van der Waals surface area contributed by atoms with Crippen molar-refractivity contribution in [3.05, 3.63) is 63.6 Å². The van der Waals surface area contributed by atoms with E-state index in [2.05, 4.69) is 27.3 Å². The summed E-state index contributed by atoms with van der Waals surface area (Å²) in [6.45, 7) is 5.05. The average Bonchev–Trinajstić information content (AvgIpc) is 2.45. The number of amides is 1. The van der Waals surface area contributed by atoms with Crippen LogP contribution >= 0.6 is 15.9 Å². The number of halogens is 1. The number of carbonyl (C=O) groups excluding carboxylic acids is 1. The maximum absolute atomic E-state index is 11.8. The SMILES string of the molecule is Cc1cc(C)cc(OCCNC(=O)Cc2ccc(Br)cc2)c1. The largest absolute Gasteiger partial charge is 0.492 e. The van der Waals surface area contributed by atoms with Gasteiger partial charge in [-0.2, -0.15) is 0 Å². The quantitative estimate of drug-likeness (QED) is 0.794. The highest BCUT2D eigenvalue weighted by Gasteiger charge is 2.03. The van der Waals surface area contributed by atoms with Gasteiger partial charge in [-0.05, 0) is 54.8 Å². The lowest BCUT2D eigenvalue weighted by Crippen LogP contribution is -2.29. The molecule has 22 heavy (non-hydrogen) atoms. The lowest BCUT2D eigenvalue weighted by Gasteiger charge is -2.09. The number of carbonyl (C=O) groups is 1.